The molecule has 2 aromatic heterocycles. The van der Waals surface area contributed by atoms with E-state index in [1.807, 2.05) is 12.1 Å². The topological polar surface area (TPSA) is 73.9 Å². The molecule has 128 valence electrons. The number of rotatable bonds is 4. The van der Waals surface area contributed by atoms with E-state index in [0.29, 0.717) is 35.1 Å². The maximum atomic E-state index is 13.1. The van der Waals surface area contributed by atoms with Crippen LogP contribution in [0.4, 0.5) is 10.3 Å². The van der Waals surface area contributed by atoms with E-state index < -0.39 is 0 Å². The van der Waals surface area contributed by atoms with E-state index in [1.165, 1.54) is 37.8 Å². The van der Waals surface area contributed by atoms with Crippen molar-refractivity contribution in [3.63, 3.8) is 0 Å². The average Bonchev–Trinajstić information content (AvgIpc) is 3.13. The number of nitrogens with two attached hydrogens (primary N) is 1. The maximum absolute atomic E-state index is 13.1. The van der Waals surface area contributed by atoms with Crippen molar-refractivity contribution in [2.45, 2.75) is 25.7 Å². The Kier molecular flexibility index (Phi) is 4.17. The second-order valence-corrected chi connectivity index (χ2v) is 6.42. The molecular weight excluding hydrogens is 319 g/mol. The Labute approximate surface area is 145 Å². The summed E-state index contributed by atoms with van der Waals surface area (Å²) < 4.78 is 19.1. The molecule has 2 N–H and O–H groups in total. The van der Waals surface area contributed by atoms with E-state index >= 15 is 0 Å². The first-order valence-electron chi connectivity index (χ1n) is 8.52. The van der Waals surface area contributed by atoms with Crippen LogP contribution >= 0.6 is 0 Å². The van der Waals surface area contributed by atoms with Crippen molar-refractivity contribution in [3.05, 3.63) is 42.2 Å². The van der Waals surface area contributed by atoms with Gasteiger partial charge in [-0.2, -0.15) is 4.98 Å². The first-order valence-corrected chi connectivity index (χ1v) is 8.52. The number of fused-ring (bicyclic) bond motifs is 1. The lowest BCUT2D eigenvalue weighted by Gasteiger charge is -2.12. The van der Waals surface area contributed by atoms with E-state index in [4.69, 9.17) is 10.5 Å². The molecule has 6 heteroatoms. The Morgan fingerprint density at radius 1 is 1.00 bits per heavy atom. The summed E-state index contributed by atoms with van der Waals surface area (Å²) in [5.41, 5.74) is 8.55. The number of halogens is 1. The third-order valence-corrected chi connectivity index (χ3v) is 4.60. The number of anilines is 1. The van der Waals surface area contributed by atoms with Crippen LogP contribution in [0.5, 0.6) is 5.88 Å². The maximum Gasteiger partial charge on any atom is 0.245 e. The van der Waals surface area contributed by atoms with Crippen LogP contribution in [0.2, 0.25) is 0 Å². The van der Waals surface area contributed by atoms with Crippen LogP contribution in [0.15, 0.2) is 36.4 Å². The van der Waals surface area contributed by atoms with E-state index in [9.17, 15) is 4.39 Å². The van der Waals surface area contributed by atoms with Gasteiger partial charge in [0.25, 0.3) is 0 Å². The molecule has 0 bridgehead atoms. The third kappa shape index (κ3) is 3.38. The van der Waals surface area contributed by atoms with Gasteiger partial charge in [-0.15, -0.1) is 0 Å². The van der Waals surface area contributed by atoms with Gasteiger partial charge in [0.2, 0.25) is 11.8 Å². The molecule has 0 aliphatic heterocycles. The summed E-state index contributed by atoms with van der Waals surface area (Å²) >= 11 is 0. The third-order valence-electron chi connectivity index (χ3n) is 4.60. The van der Waals surface area contributed by atoms with Crippen molar-refractivity contribution >= 4 is 17.0 Å². The second-order valence-electron chi connectivity index (χ2n) is 6.42. The first kappa shape index (κ1) is 15.7. The minimum atomic E-state index is -0.277. The summed E-state index contributed by atoms with van der Waals surface area (Å²) in [7, 11) is 0. The predicted molar refractivity (Wildman–Crippen MR) is 94.6 cm³/mol. The van der Waals surface area contributed by atoms with Gasteiger partial charge < -0.3 is 10.5 Å². The highest BCUT2D eigenvalue weighted by Gasteiger charge is 2.18. The van der Waals surface area contributed by atoms with Crippen molar-refractivity contribution in [1.82, 2.24) is 15.0 Å². The van der Waals surface area contributed by atoms with Crippen molar-refractivity contribution in [2.24, 2.45) is 5.92 Å². The highest BCUT2D eigenvalue weighted by atomic mass is 19.1. The highest BCUT2D eigenvalue weighted by Crippen LogP contribution is 2.29. The molecule has 3 aromatic rings. The van der Waals surface area contributed by atoms with Gasteiger partial charge in [0.05, 0.1) is 17.8 Å². The van der Waals surface area contributed by atoms with Crippen LogP contribution in [0.1, 0.15) is 25.7 Å². The summed E-state index contributed by atoms with van der Waals surface area (Å²) in [6, 6.07) is 9.89. The fourth-order valence-electron chi connectivity index (χ4n) is 3.26. The summed E-state index contributed by atoms with van der Waals surface area (Å²) in [4.78, 5) is 13.1. The number of hydrogen-bond donors (Lipinski definition) is 1. The van der Waals surface area contributed by atoms with Crippen LogP contribution in [-0.2, 0) is 0 Å². The van der Waals surface area contributed by atoms with Crippen LogP contribution < -0.4 is 10.5 Å². The fourth-order valence-corrected chi connectivity index (χ4v) is 3.26. The Morgan fingerprint density at radius 3 is 2.52 bits per heavy atom. The summed E-state index contributed by atoms with van der Waals surface area (Å²) in [5, 5.41) is 0. The monoisotopic (exact) mass is 338 g/mol. The molecule has 0 saturated heterocycles. The van der Waals surface area contributed by atoms with E-state index in [-0.39, 0.29) is 11.8 Å². The van der Waals surface area contributed by atoms with Gasteiger partial charge in [0.1, 0.15) is 5.82 Å². The number of nitrogens with zero attached hydrogens (tertiary/aromatic N) is 3. The number of pyridine rings is 1. The van der Waals surface area contributed by atoms with Crippen LogP contribution in [0.3, 0.4) is 0 Å². The SMILES string of the molecule is Nc1nc(OCC2CCCC2)c2nc(-c3ccc(F)cc3)ccc2n1. The van der Waals surface area contributed by atoms with E-state index in [2.05, 4.69) is 15.0 Å². The van der Waals surface area contributed by atoms with E-state index in [1.54, 1.807) is 12.1 Å². The zero-order chi connectivity index (χ0) is 17.2. The quantitative estimate of drug-likeness (QED) is 0.779. The Bertz CT molecular complexity index is 892. The highest BCUT2D eigenvalue weighted by molar-refractivity contribution is 5.83. The minimum absolute atomic E-state index is 0.172. The molecule has 0 amide bonds. The van der Waals surface area contributed by atoms with Gasteiger partial charge in [-0.05, 0) is 55.2 Å². The van der Waals surface area contributed by atoms with Gasteiger partial charge in [0.15, 0.2) is 5.52 Å². The zero-order valence-corrected chi connectivity index (χ0v) is 13.8. The number of aromatic nitrogens is 3. The molecule has 1 fully saturated rings. The lowest BCUT2D eigenvalue weighted by atomic mass is 10.1. The molecule has 0 atom stereocenters. The lowest BCUT2D eigenvalue weighted by molar-refractivity contribution is 0.246. The van der Waals surface area contributed by atoms with Crippen molar-refractivity contribution in [3.8, 4) is 17.1 Å². The first-order chi connectivity index (χ1) is 12.2. The van der Waals surface area contributed by atoms with Gasteiger partial charge in [-0.1, -0.05) is 12.8 Å². The van der Waals surface area contributed by atoms with Crippen LogP contribution in [0.25, 0.3) is 22.3 Å². The van der Waals surface area contributed by atoms with Crippen LogP contribution in [-0.4, -0.2) is 21.6 Å². The summed E-state index contributed by atoms with van der Waals surface area (Å²) in [6.07, 6.45) is 4.89. The molecule has 0 radical (unpaired) electrons. The molecule has 1 aliphatic rings. The number of nitrogen functional groups attached to an aromatic ring is 1. The Morgan fingerprint density at radius 2 is 1.76 bits per heavy atom. The molecule has 1 saturated carbocycles. The molecule has 0 spiro atoms. The molecule has 1 aromatic carbocycles. The molecule has 2 heterocycles. The Hall–Kier alpha value is -2.76. The zero-order valence-electron chi connectivity index (χ0n) is 13.8. The molecular formula is C19H19FN4O. The van der Waals surface area contributed by atoms with Gasteiger partial charge in [-0.25, -0.2) is 14.4 Å². The summed E-state index contributed by atoms with van der Waals surface area (Å²) in [5.74, 6) is 0.872. The smallest absolute Gasteiger partial charge is 0.245 e. The van der Waals surface area contributed by atoms with Crippen molar-refractivity contribution in [1.29, 1.82) is 0 Å². The van der Waals surface area contributed by atoms with Crippen LogP contribution in [0, 0.1) is 11.7 Å². The molecule has 25 heavy (non-hydrogen) atoms. The molecule has 0 unspecified atom stereocenters. The van der Waals surface area contributed by atoms with Crippen molar-refractivity contribution in [2.75, 3.05) is 12.3 Å². The number of benzene rings is 1. The molecule has 1 aliphatic carbocycles. The van der Waals surface area contributed by atoms with Gasteiger partial charge >= 0.3 is 0 Å². The van der Waals surface area contributed by atoms with Crippen molar-refractivity contribution < 1.29 is 9.13 Å². The second kappa shape index (κ2) is 6.63. The van der Waals surface area contributed by atoms with E-state index in [0.717, 1.165) is 5.56 Å². The van der Waals surface area contributed by atoms with Gasteiger partial charge in [-0.3, -0.25) is 0 Å². The summed E-state index contributed by atoms with van der Waals surface area (Å²) in [6.45, 7) is 0.619. The lowest BCUT2D eigenvalue weighted by Crippen LogP contribution is -2.10. The molecule has 4 rings (SSSR count). The normalized spacial score (nSPS) is 14.9. The fraction of sp³-hybridized carbons (Fsp3) is 0.316. The number of hydrogen-bond acceptors (Lipinski definition) is 5. The molecule has 5 nitrogen and oxygen atoms in total. The standard InChI is InChI=1S/C19H19FN4O/c20-14-7-5-13(6-8-14)15-9-10-16-17(22-15)18(24-19(21)23-16)25-11-12-3-1-2-4-12/h5-10,12H,1-4,11H2,(H2,21,23,24). The minimum Gasteiger partial charge on any atom is -0.476 e. The van der Waals surface area contributed by atoms with Gasteiger partial charge in [0, 0.05) is 5.56 Å². The Balaban J connectivity index is 1.70. The predicted octanol–water partition coefficient (Wildman–Crippen LogP) is 3.98. The average molecular weight is 338 g/mol. The largest absolute Gasteiger partial charge is 0.476 e. The number of ether oxygens (including phenoxy) is 1.